The van der Waals surface area contributed by atoms with Crippen molar-refractivity contribution in [3.05, 3.63) is 114 Å². The summed E-state index contributed by atoms with van der Waals surface area (Å²) in [6.45, 7) is 8.32. The molecular weight excluding hydrogens is 592 g/mol. The van der Waals surface area contributed by atoms with Gasteiger partial charge in [-0.2, -0.15) is 0 Å². The first-order chi connectivity index (χ1) is 21.8. The van der Waals surface area contributed by atoms with E-state index < -0.39 is 12.0 Å². The van der Waals surface area contributed by atoms with Crippen LogP contribution in [0.5, 0.6) is 23.0 Å². The average Bonchev–Trinajstić information content (AvgIpc) is 3.33. The zero-order chi connectivity index (χ0) is 32.1. The molecule has 234 valence electrons. The number of allylic oxidation sites excluding steroid dienone is 1. The molecule has 1 aromatic heterocycles. The average molecular weight is 629 g/mol. The van der Waals surface area contributed by atoms with Gasteiger partial charge >= 0.3 is 5.97 Å². The van der Waals surface area contributed by atoms with Crippen molar-refractivity contribution < 1.29 is 28.5 Å². The topological polar surface area (TPSA) is 97.6 Å². The number of methoxy groups -OCH3 is 2. The number of carbonyl (C=O) groups excluding carboxylic acids is 1. The van der Waals surface area contributed by atoms with Gasteiger partial charge in [-0.1, -0.05) is 59.4 Å². The van der Waals surface area contributed by atoms with E-state index in [4.69, 9.17) is 23.7 Å². The minimum atomic E-state index is -0.842. The van der Waals surface area contributed by atoms with E-state index in [1.807, 2.05) is 56.3 Å². The number of rotatable bonds is 11. The summed E-state index contributed by atoms with van der Waals surface area (Å²) in [6, 6.07) is 18.2. The van der Waals surface area contributed by atoms with Gasteiger partial charge in [-0.25, -0.2) is 9.79 Å². The molecule has 0 saturated heterocycles. The first-order valence-electron chi connectivity index (χ1n) is 14.6. The fourth-order valence-corrected chi connectivity index (χ4v) is 6.35. The Morgan fingerprint density at radius 3 is 2.42 bits per heavy atom. The van der Waals surface area contributed by atoms with E-state index in [0.717, 1.165) is 16.7 Å². The maximum absolute atomic E-state index is 14.1. The predicted octanol–water partition coefficient (Wildman–Crippen LogP) is 5.10. The normalized spacial score (nSPS) is 14.4. The molecule has 4 aromatic rings. The smallest absolute Gasteiger partial charge is 0.338 e. The maximum atomic E-state index is 14.1. The molecule has 0 radical (unpaired) electrons. The van der Waals surface area contributed by atoms with Crippen molar-refractivity contribution in [1.29, 1.82) is 0 Å². The zero-order valence-corrected chi connectivity index (χ0v) is 27.0. The molecule has 1 aliphatic rings. The van der Waals surface area contributed by atoms with Gasteiger partial charge in [-0.3, -0.25) is 9.36 Å². The Kier molecular flexibility index (Phi) is 9.73. The Morgan fingerprint density at radius 2 is 1.71 bits per heavy atom. The second-order valence-electron chi connectivity index (χ2n) is 10.3. The van der Waals surface area contributed by atoms with Crippen molar-refractivity contribution in [1.82, 2.24) is 4.57 Å². The van der Waals surface area contributed by atoms with Crippen molar-refractivity contribution in [3.8, 4) is 23.0 Å². The van der Waals surface area contributed by atoms with Crippen molar-refractivity contribution in [2.45, 2.75) is 40.3 Å². The number of thiazole rings is 1. The number of benzene rings is 3. The highest BCUT2D eigenvalue weighted by molar-refractivity contribution is 7.07. The lowest BCUT2D eigenvalue weighted by atomic mass is 9.94. The molecule has 0 spiro atoms. The summed E-state index contributed by atoms with van der Waals surface area (Å²) >= 11 is 1.24. The van der Waals surface area contributed by atoms with Crippen LogP contribution in [0.2, 0.25) is 0 Å². The number of fused-ring (bicyclic) bond motifs is 1. The van der Waals surface area contributed by atoms with Crippen molar-refractivity contribution >= 4 is 23.4 Å². The molecule has 9 nitrogen and oxygen atoms in total. The van der Waals surface area contributed by atoms with E-state index in [-0.39, 0.29) is 17.7 Å². The molecule has 45 heavy (non-hydrogen) atoms. The largest absolute Gasteiger partial charge is 0.493 e. The summed E-state index contributed by atoms with van der Waals surface area (Å²) in [5.74, 6) is 1.53. The van der Waals surface area contributed by atoms with Gasteiger partial charge in [0, 0.05) is 5.56 Å². The second-order valence-corrected chi connectivity index (χ2v) is 11.3. The highest BCUT2D eigenvalue weighted by Crippen LogP contribution is 2.40. The summed E-state index contributed by atoms with van der Waals surface area (Å²) in [5, 5.41) is 0. The number of para-hydroxylation sites is 1. The summed E-state index contributed by atoms with van der Waals surface area (Å²) in [6.07, 6.45) is 1.78. The van der Waals surface area contributed by atoms with Gasteiger partial charge in [0.2, 0.25) is 0 Å². The van der Waals surface area contributed by atoms with E-state index in [2.05, 4.69) is 11.1 Å². The number of aromatic nitrogens is 1. The highest BCUT2D eigenvalue weighted by Gasteiger charge is 2.36. The Bertz CT molecular complexity index is 1940. The summed E-state index contributed by atoms with van der Waals surface area (Å²) < 4.78 is 30.7. The van der Waals surface area contributed by atoms with Gasteiger partial charge in [-0.15, -0.1) is 0 Å². The molecular formula is C35H36N2O7S. The van der Waals surface area contributed by atoms with Crippen LogP contribution in [0.4, 0.5) is 0 Å². The molecule has 0 bridgehead atoms. The van der Waals surface area contributed by atoms with Crippen LogP contribution >= 0.6 is 11.3 Å². The number of hydrogen-bond donors (Lipinski definition) is 0. The molecule has 0 N–H and O–H groups in total. The molecule has 1 aliphatic heterocycles. The van der Waals surface area contributed by atoms with Crippen LogP contribution in [0.3, 0.4) is 0 Å². The minimum absolute atomic E-state index is 0.176. The third-order valence-electron chi connectivity index (χ3n) is 7.29. The maximum Gasteiger partial charge on any atom is 0.338 e. The summed E-state index contributed by atoms with van der Waals surface area (Å²) in [7, 11) is 3.13. The van der Waals surface area contributed by atoms with Crippen LogP contribution in [0.1, 0.15) is 49.1 Å². The van der Waals surface area contributed by atoms with Gasteiger partial charge in [0.15, 0.2) is 27.8 Å². The molecule has 0 fully saturated rings. The van der Waals surface area contributed by atoms with Crippen LogP contribution < -0.4 is 33.8 Å². The lowest BCUT2D eigenvalue weighted by Gasteiger charge is -2.26. The molecule has 2 heterocycles. The van der Waals surface area contributed by atoms with Crippen LogP contribution in [0.25, 0.3) is 6.08 Å². The van der Waals surface area contributed by atoms with Crippen LogP contribution in [0.15, 0.2) is 81.7 Å². The van der Waals surface area contributed by atoms with Crippen LogP contribution in [-0.4, -0.2) is 38.0 Å². The lowest BCUT2D eigenvalue weighted by molar-refractivity contribution is -0.139. The van der Waals surface area contributed by atoms with E-state index >= 15 is 0 Å². The fraction of sp³-hybridized carbons (Fsp3) is 0.286. The monoisotopic (exact) mass is 628 g/mol. The minimum Gasteiger partial charge on any atom is -0.493 e. The molecule has 1 atom stereocenters. The number of aryl methyl sites for hydroxylation is 1. The third-order valence-corrected chi connectivity index (χ3v) is 8.27. The van der Waals surface area contributed by atoms with Gasteiger partial charge in [0.1, 0.15) is 12.6 Å². The Labute approximate surface area is 265 Å². The van der Waals surface area contributed by atoms with E-state index in [1.165, 1.54) is 15.9 Å². The van der Waals surface area contributed by atoms with Gasteiger partial charge < -0.3 is 23.7 Å². The number of esters is 1. The SMILES string of the molecule is CCOC(=O)C1=C(C)N=c2s/c(=C/c3ccc(OCc4cccc(C)c4)c(OC)c3)c(=O)n2C1c1cccc(OC)c1OCC. The van der Waals surface area contributed by atoms with E-state index in [0.29, 0.717) is 56.8 Å². The molecule has 0 saturated carbocycles. The first-order valence-corrected chi connectivity index (χ1v) is 15.5. The molecule has 5 rings (SSSR count). The third kappa shape index (κ3) is 6.51. The van der Waals surface area contributed by atoms with Gasteiger partial charge in [-0.05, 0) is 63.1 Å². The number of ether oxygens (including phenoxy) is 5. The van der Waals surface area contributed by atoms with E-state index in [9.17, 15) is 9.59 Å². The molecule has 0 aliphatic carbocycles. The van der Waals surface area contributed by atoms with Crippen molar-refractivity contribution in [3.63, 3.8) is 0 Å². The summed E-state index contributed by atoms with van der Waals surface area (Å²) in [4.78, 5) is 32.6. The standard InChI is InChI=1S/C35H36N2O7S/c1-7-42-32-25(13-10-14-27(32)40-5)31-30(34(39)43-8-2)22(4)36-35-37(31)33(38)29(45-35)19-23-15-16-26(28(18-23)41-6)44-20-24-12-9-11-21(3)17-24/h9-19,31H,7-8,20H2,1-6H3/b29-19+. The molecule has 0 amide bonds. The van der Waals surface area contributed by atoms with Crippen LogP contribution in [-0.2, 0) is 16.1 Å². The van der Waals surface area contributed by atoms with Crippen LogP contribution in [0, 0.1) is 6.92 Å². The van der Waals surface area contributed by atoms with Crippen molar-refractivity contribution in [2.24, 2.45) is 4.99 Å². The fourth-order valence-electron chi connectivity index (χ4n) is 5.30. The first kappa shape index (κ1) is 31.6. The summed E-state index contributed by atoms with van der Waals surface area (Å²) in [5.41, 5.74) is 3.98. The molecule has 1 unspecified atom stereocenters. The number of hydrogen-bond acceptors (Lipinski definition) is 9. The Morgan fingerprint density at radius 1 is 0.933 bits per heavy atom. The van der Waals surface area contributed by atoms with Crippen molar-refractivity contribution in [2.75, 3.05) is 27.4 Å². The Balaban J connectivity index is 1.60. The van der Waals surface area contributed by atoms with E-state index in [1.54, 1.807) is 46.3 Å². The van der Waals surface area contributed by atoms with Gasteiger partial charge in [0.05, 0.1) is 43.2 Å². The second kappa shape index (κ2) is 13.9. The zero-order valence-electron chi connectivity index (χ0n) is 26.2. The number of carbonyl (C=O) groups is 1. The quantitative estimate of drug-likeness (QED) is 0.213. The lowest BCUT2D eigenvalue weighted by Crippen LogP contribution is -2.40. The molecule has 10 heteroatoms. The highest BCUT2D eigenvalue weighted by atomic mass is 32.1. The Hall–Kier alpha value is -4.83. The number of nitrogens with zero attached hydrogens (tertiary/aromatic N) is 2. The van der Waals surface area contributed by atoms with Gasteiger partial charge in [0.25, 0.3) is 5.56 Å². The predicted molar refractivity (Wildman–Crippen MR) is 173 cm³/mol. The molecule has 3 aromatic carbocycles.